The molecular formula is C22H34ClN3O2. The molecule has 0 bridgehead atoms. The van der Waals surface area contributed by atoms with Gasteiger partial charge in [-0.1, -0.05) is 27.2 Å². The summed E-state index contributed by atoms with van der Waals surface area (Å²) >= 11 is 6.00. The summed E-state index contributed by atoms with van der Waals surface area (Å²) in [5.41, 5.74) is 3.28. The fraction of sp³-hybridized carbons (Fsp3) is 0.636. The van der Waals surface area contributed by atoms with Crippen LogP contribution < -0.4 is 4.90 Å². The molecule has 0 fully saturated rings. The number of benzene rings is 1. The molecule has 0 spiro atoms. The van der Waals surface area contributed by atoms with Crippen molar-refractivity contribution < 1.29 is 9.53 Å². The fourth-order valence-electron chi connectivity index (χ4n) is 3.20. The smallest absolute Gasteiger partial charge is 0.305 e. The molecule has 0 N–H and O–H groups in total. The molecule has 0 unspecified atom stereocenters. The molecule has 0 atom stereocenters. The predicted octanol–water partition coefficient (Wildman–Crippen LogP) is 4.94. The molecule has 156 valence electrons. The second-order valence-corrected chi connectivity index (χ2v) is 8.10. The Balaban J connectivity index is 2.04. The third-order valence-corrected chi connectivity index (χ3v) is 4.99. The van der Waals surface area contributed by atoms with Gasteiger partial charge in [-0.15, -0.1) is 11.6 Å². The fourth-order valence-corrected chi connectivity index (χ4v) is 3.41. The molecule has 5 nitrogen and oxygen atoms in total. The molecule has 28 heavy (non-hydrogen) atoms. The first-order chi connectivity index (χ1) is 13.5. The van der Waals surface area contributed by atoms with E-state index in [9.17, 15) is 4.79 Å². The zero-order valence-corrected chi connectivity index (χ0v) is 18.5. The number of rotatable bonds is 12. The number of anilines is 1. The number of esters is 1. The standard InChI is InChI=1S/C22H34ClN3O2/c1-5-6-13-26(14-12-23)18-10-11-20-19(15-18)24-21(25(20)4)8-7-9-22(27)28-16-17(2)3/h10-11,15,17H,5-9,12-14,16H2,1-4H3. The number of alkyl halides is 1. The van der Waals surface area contributed by atoms with E-state index in [2.05, 4.69) is 34.6 Å². The number of hydrogen-bond donors (Lipinski definition) is 0. The molecule has 1 aromatic heterocycles. The largest absolute Gasteiger partial charge is 0.465 e. The number of hydrogen-bond acceptors (Lipinski definition) is 4. The van der Waals surface area contributed by atoms with Crippen molar-refractivity contribution in [2.45, 2.75) is 52.9 Å². The maximum absolute atomic E-state index is 11.8. The van der Waals surface area contributed by atoms with Gasteiger partial charge in [-0.25, -0.2) is 4.98 Å². The zero-order valence-electron chi connectivity index (χ0n) is 17.7. The molecule has 2 rings (SSSR count). The normalized spacial score (nSPS) is 11.4. The number of carbonyl (C=O) groups is 1. The summed E-state index contributed by atoms with van der Waals surface area (Å²) in [5.74, 6) is 1.86. The Morgan fingerprint density at radius 2 is 2.07 bits per heavy atom. The van der Waals surface area contributed by atoms with E-state index < -0.39 is 0 Å². The molecule has 2 aromatic rings. The van der Waals surface area contributed by atoms with E-state index in [0.29, 0.717) is 24.8 Å². The van der Waals surface area contributed by atoms with E-state index in [0.717, 1.165) is 55.6 Å². The molecule has 0 amide bonds. The van der Waals surface area contributed by atoms with Crippen LogP contribution in [0.4, 0.5) is 5.69 Å². The molecule has 0 aliphatic carbocycles. The lowest BCUT2D eigenvalue weighted by atomic mass is 10.2. The maximum Gasteiger partial charge on any atom is 0.305 e. The highest BCUT2D eigenvalue weighted by molar-refractivity contribution is 6.18. The Morgan fingerprint density at radius 3 is 2.75 bits per heavy atom. The highest BCUT2D eigenvalue weighted by Gasteiger charge is 2.12. The number of halogens is 1. The van der Waals surface area contributed by atoms with Crippen molar-refractivity contribution in [1.82, 2.24) is 9.55 Å². The van der Waals surface area contributed by atoms with Crippen molar-refractivity contribution in [1.29, 1.82) is 0 Å². The summed E-state index contributed by atoms with van der Waals surface area (Å²) in [6.45, 7) is 8.61. The molecule has 0 aliphatic heterocycles. The van der Waals surface area contributed by atoms with Crippen LogP contribution in [0.15, 0.2) is 18.2 Å². The SMILES string of the molecule is CCCCN(CCCl)c1ccc2c(c1)nc(CCCC(=O)OCC(C)C)n2C. The van der Waals surface area contributed by atoms with Gasteiger partial charge in [0.05, 0.1) is 17.6 Å². The summed E-state index contributed by atoms with van der Waals surface area (Å²) in [7, 11) is 2.04. The minimum absolute atomic E-state index is 0.123. The highest BCUT2D eigenvalue weighted by atomic mass is 35.5. The Bertz CT molecular complexity index is 758. The van der Waals surface area contributed by atoms with Crippen LogP contribution in [0.3, 0.4) is 0 Å². The van der Waals surface area contributed by atoms with E-state index >= 15 is 0 Å². The molecule has 0 radical (unpaired) electrons. The van der Waals surface area contributed by atoms with E-state index in [1.54, 1.807) is 0 Å². The van der Waals surface area contributed by atoms with Crippen molar-refractivity contribution >= 4 is 34.3 Å². The van der Waals surface area contributed by atoms with Gasteiger partial charge >= 0.3 is 5.97 Å². The average molecular weight is 408 g/mol. The van der Waals surface area contributed by atoms with Crippen LogP contribution in [-0.4, -0.2) is 41.1 Å². The Morgan fingerprint density at radius 1 is 1.29 bits per heavy atom. The number of ether oxygens (including phenoxy) is 1. The van der Waals surface area contributed by atoms with Crippen molar-refractivity contribution in [2.24, 2.45) is 13.0 Å². The lowest BCUT2D eigenvalue weighted by Gasteiger charge is -2.23. The first kappa shape index (κ1) is 22.5. The van der Waals surface area contributed by atoms with E-state index in [-0.39, 0.29) is 5.97 Å². The second kappa shape index (κ2) is 11.3. The monoisotopic (exact) mass is 407 g/mol. The van der Waals surface area contributed by atoms with Crippen LogP contribution in [0.5, 0.6) is 0 Å². The minimum Gasteiger partial charge on any atom is -0.465 e. The molecule has 6 heteroatoms. The lowest BCUT2D eigenvalue weighted by molar-refractivity contribution is -0.144. The number of imidazole rings is 1. The highest BCUT2D eigenvalue weighted by Crippen LogP contribution is 2.23. The lowest BCUT2D eigenvalue weighted by Crippen LogP contribution is -2.26. The van der Waals surface area contributed by atoms with Gasteiger partial charge in [-0.3, -0.25) is 4.79 Å². The zero-order chi connectivity index (χ0) is 20.5. The summed E-state index contributed by atoms with van der Waals surface area (Å²) in [6, 6.07) is 6.43. The van der Waals surface area contributed by atoms with Gasteiger partial charge in [0.1, 0.15) is 5.82 Å². The van der Waals surface area contributed by atoms with Gasteiger partial charge in [-0.05, 0) is 37.0 Å². The van der Waals surface area contributed by atoms with Gasteiger partial charge in [0.2, 0.25) is 0 Å². The molecule has 0 aliphatic rings. The minimum atomic E-state index is -0.123. The first-order valence-corrected chi connectivity index (χ1v) is 10.9. The Labute approximate surface area is 174 Å². The number of aryl methyl sites for hydroxylation is 2. The van der Waals surface area contributed by atoms with Gasteiger partial charge < -0.3 is 14.2 Å². The van der Waals surface area contributed by atoms with Crippen molar-refractivity contribution in [2.75, 3.05) is 30.5 Å². The van der Waals surface area contributed by atoms with E-state index in [4.69, 9.17) is 21.3 Å². The Kier molecular flexibility index (Phi) is 9.10. The molecule has 0 saturated heterocycles. The third-order valence-electron chi connectivity index (χ3n) is 4.82. The average Bonchev–Trinajstić information content (AvgIpc) is 2.98. The van der Waals surface area contributed by atoms with Crippen LogP contribution in [0, 0.1) is 5.92 Å². The number of carbonyl (C=O) groups excluding carboxylic acids is 1. The Hall–Kier alpha value is -1.75. The van der Waals surface area contributed by atoms with Gasteiger partial charge in [-0.2, -0.15) is 0 Å². The molecule has 1 heterocycles. The first-order valence-electron chi connectivity index (χ1n) is 10.4. The summed E-state index contributed by atoms with van der Waals surface area (Å²) < 4.78 is 7.37. The topological polar surface area (TPSA) is 47.4 Å². The van der Waals surface area contributed by atoms with Crippen molar-refractivity contribution in [3.8, 4) is 0 Å². The number of nitrogens with zero attached hydrogens (tertiary/aromatic N) is 3. The van der Waals surface area contributed by atoms with Gasteiger partial charge in [0, 0.05) is 44.5 Å². The van der Waals surface area contributed by atoms with Crippen LogP contribution >= 0.6 is 11.6 Å². The quantitative estimate of drug-likeness (QED) is 0.369. The molecular weight excluding hydrogens is 374 g/mol. The van der Waals surface area contributed by atoms with Crippen LogP contribution in [0.2, 0.25) is 0 Å². The third kappa shape index (κ3) is 6.40. The van der Waals surface area contributed by atoms with Crippen molar-refractivity contribution in [3.05, 3.63) is 24.0 Å². The summed E-state index contributed by atoms with van der Waals surface area (Å²) in [6.07, 6.45) is 4.25. The summed E-state index contributed by atoms with van der Waals surface area (Å²) in [5, 5.41) is 0. The number of fused-ring (bicyclic) bond motifs is 1. The summed E-state index contributed by atoms with van der Waals surface area (Å²) in [4.78, 5) is 18.9. The molecule has 1 aromatic carbocycles. The molecule has 0 saturated carbocycles. The van der Waals surface area contributed by atoms with Crippen LogP contribution in [-0.2, 0) is 23.0 Å². The van der Waals surface area contributed by atoms with E-state index in [1.807, 2.05) is 20.9 Å². The predicted molar refractivity (Wildman–Crippen MR) is 117 cm³/mol. The maximum atomic E-state index is 11.8. The van der Waals surface area contributed by atoms with Crippen molar-refractivity contribution in [3.63, 3.8) is 0 Å². The second-order valence-electron chi connectivity index (χ2n) is 7.72. The number of unbranched alkanes of at least 4 members (excludes halogenated alkanes) is 1. The van der Waals surface area contributed by atoms with E-state index in [1.165, 1.54) is 5.69 Å². The van der Waals surface area contributed by atoms with Crippen LogP contribution in [0.25, 0.3) is 11.0 Å². The van der Waals surface area contributed by atoms with Gasteiger partial charge in [0.15, 0.2) is 0 Å². The van der Waals surface area contributed by atoms with Gasteiger partial charge in [0.25, 0.3) is 0 Å². The number of aromatic nitrogens is 2. The van der Waals surface area contributed by atoms with Crippen LogP contribution in [0.1, 0.15) is 52.3 Å².